The molecule has 4 heteroatoms. The Balaban J connectivity index is 2.97. The molecule has 0 N–H and O–H groups in total. The van der Waals surface area contributed by atoms with Crippen molar-refractivity contribution in [1.82, 2.24) is 4.90 Å². The van der Waals surface area contributed by atoms with Gasteiger partial charge >= 0.3 is 0 Å². The van der Waals surface area contributed by atoms with Crippen LogP contribution < -0.4 is 0 Å². The maximum absolute atomic E-state index is 11.3. The lowest BCUT2D eigenvalue weighted by Gasteiger charge is -2.15. The Labute approximate surface area is 77.2 Å². The second-order valence-corrected chi connectivity index (χ2v) is 2.61. The molecule has 0 aromatic carbocycles. The SMILES string of the molecule is C=CN=C1C(=C)OCCC(=O)N1C. The molecular weight excluding hydrogens is 168 g/mol. The van der Waals surface area contributed by atoms with Crippen molar-refractivity contribution < 1.29 is 9.53 Å². The summed E-state index contributed by atoms with van der Waals surface area (Å²) in [5, 5.41) is 0. The monoisotopic (exact) mass is 180 g/mol. The van der Waals surface area contributed by atoms with Gasteiger partial charge in [-0.2, -0.15) is 0 Å². The van der Waals surface area contributed by atoms with E-state index in [-0.39, 0.29) is 5.91 Å². The zero-order valence-corrected chi connectivity index (χ0v) is 7.62. The zero-order valence-electron chi connectivity index (χ0n) is 7.62. The number of carbonyl (C=O) groups excluding carboxylic acids is 1. The van der Waals surface area contributed by atoms with Crippen molar-refractivity contribution >= 4 is 11.7 Å². The molecule has 1 amide bonds. The Bertz CT molecular complexity index is 281. The van der Waals surface area contributed by atoms with E-state index in [1.54, 1.807) is 7.05 Å². The summed E-state index contributed by atoms with van der Waals surface area (Å²) in [6.45, 7) is 7.48. The summed E-state index contributed by atoms with van der Waals surface area (Å²) in [5.41, 5.74) is 0. The fourth-order valence-corrected chi connectivity index (χ4v) is 1.04. The Morgan fingerprint density at radius 2 is 2.38 bits per heavy atom. The van der Waals surface area contributed by atoms with Gasteiger partial charge in [0.05, 0.1) is 13.0 Å². The number of hydrogen-bond donors (Lipinski definition) is 0. The van der Waals surface area contributed by atoms with Gasteiger partial charge in [0, 0.05) is 13.2 Å². The summed E-state index contributed by atoms with van der Waals surface area (Å²) in [6, 6.07) is 0. The predicted molar refractivity (Wildman–Crippen MR) is 50.1 cm³/mol. The molecule has 0 unspecified atom stereocenters. The van der Waals surface area contributed by atoms with Crippen LogP contribution in [0.4, 0.5) is 0 Å². The van der Waals surface area contributed by atoms with E-state index >= 15 is 0 Å². The topological polar surface area (TPSA) is 41.9 Å². The van der Waals surface area contributed by atoms with Crippen LogP contribution in [-0.2, 0) is 9.53 Å². The molecule has 70 valence electrons. The smallest absolute Gasteiger partial charge is 0.231 e. The minimum absolute atomic E-state index is 0.0285. The summed E-state index contributed by atoms with van der Waals surface area (Å²) >= 11 is 0. The number of likely N-dealkylation sites (N-methyl/N-ethyl adjacent to an activating group) is 1. The molecule has 0 aliphatic carbocycles. The summed E-state index contributed by atoms with van der Waals surface area (Å²) in [7, 11) is 1.64. The van der Waals surface area contributed by atoms with Crippen molar-refractivity contribution in [3.05, 3.63) is 25.1 Å². The standard InChI is InChI=1S/C9H12N2O2/c1-4-10-9-7(2)13-6-5-8(12)11(9)3/h4H,1-2,5-6H2,3H3. The summed E-state index contributed by atoms with van der Waals surface area (Å²) in [6.07, 6.45) is 1.71. The second-order valence-electron chi connectivity index (χ2n) is 2.61. The third kappa shape index (κ3) is 1.96. The van der Waals surface area contributed by atoms with Crippen molar-refractivity contribution in [3.63, 3.8) is 0 Å². The van der Waals surface area contributed by atoms with E-state index in [1.165, 1.54) is 11.1 Å². The van der Waals surface area contributed by atoms with Crippen LogP contribution in [0.25, 0.3) is 0 Å². The highest BCUT2D eigenvalue weighted by atomic mass is 16.5. The maximum atomic E-state index is 11.3. The lowest BCUT2D eigenvalue weighted by molar-refractivity contribution is -0.126. The van der Waals surface area contributed by atoms with Crippen LogP contribution in [0.5, 0.6) is 0 Å². The molecule has 0 atom stereocenters. The van der Waals surface area contributed by atoms with E-state index in [4.69, 9.17) is 4.74 Å². The lowest BCUT2D eigenvalue weighted by atomic mass is 10.4. The number of nitrogens with zero attached hydrogens (tertiary/aromatic N) is 2. The van der Waals surface area contributed by atoms with Gasteiger partial charge in [-0.1, -0.05) is 13.2 Å². The molecule has 0 aromatic heterocycles. The Morgan fingerprint density at radius 1 is 1.69 bits per heavy atom. The molecule has 1 heterocycles. The van der Waals surface area contributed by atoms with Crippen LogP contribution >= 0.6 is 0 Å². The summed E-state index contributed by atoms with van der Waals surface area (Å²) < 4.78 is 5.17. The number of amidine groups is 1. The molecule has 1 fully saturated rings. The first-order valence-electron chi connectivity index (χ1n) is 3.94. The van der Waals surface area contributed by atoms with Gasteiger partial charge in [-0.15, -0.1) is 0 Å². The Kier molecular flexibility index (Phi) is 2.84. The molecule has 0 bridgehead atoms. The van der Waals surface area contributed by atoms with Crippen LogP contribution in [0.2, 0.25) is 0 Å². The second kappa shape index (κ2) is 3.89. The molecule has 1 rings (SSSR count). The molecule has 1 aliphatic rings. The number of ether oxygens (including phenoxy) is 1. The summed E-state index contributed by atoms with van der Waals surface area (Å²) in [5.74, 6) is 0.810. The number of amides is 1. The van der Waals surface area contributed by atoms with Gasteiger partial charge in [-0.05, 0) is 0 Å². The third-order valence-electron chi connectivity index (χ3n) is 1.75. The first-order valence-corrected chi connectivity index (χ1v) is 3.94. The quantitative estimate of drug-likeness (QED) is 0.602. The third-order valence-corrected chi connectivity index (χ3v) is 1.75. The molecule has 4 nitrogen and oxygen atoms in total. The highest BCUT2D eigenvalue weighted by Crippen LogP contribution is 2.10. The minimum atomic E-state index is -0.0285. The fraction of sp³-hybridized carbons (Fsp3) is 0.333. The first-order chi connectivity index (χ1) is 6.16. The van der Waals surface area contributed by atoms with Crippen molar-refractivity contribution in [3.8, 4) is 0 Å². The predicted octanol–water partition coefficient (Wildman–Crippen LogP) is 0.921. The van der Waals surface area contributed by atoms with Crippen LogP contribution in [-0.4, -0.2) is 30.3 Å². The van der Waals surface area contributed by atoms with Gasteiger partial charge in [-0.25, -0.2) is 4.99 Å². The lowest BCUT2D eigenvalue weighted by Crippen LogP contribution is -2.32. The van der Waals surface area contributed by atoms with Crippen LogP contribution in [0, 0.1) is 0 Å². The Morgan fingerprint density at radius 3 is 3.00 bits per heavy atom. The van der Waals surface area contributed by atoms with E-state index in [0.29, 0.717) is 24.6 Å². The molecule has 0 saturated carbocycles. The minimum Gasteiger partial charge on any atom is -0.490 e. The normalized spacial score (nSPS) is 21.3. The van der Waals surface area contributed by atoms with Gasteiger partial charge in [0.15, 0.2) is 11.6 Å². The van der Waals surface area contributed by atoms with E-state index in [1.807, 2.05) is 0 Å². The molecule has 13 heavy (non-hydrogen) atoms. The average Bonchev–Trinajstić information content (AvgIpc) is 2.21. The molecule has 1 saturated heterocycles. The maximum Gasteiger partial charge on any atom is 0.231 e. The molecule has 0 radical (unpaired) electrons. The van der Waals surface area contributed by atoms with Crippen LogP contribution in [0.3, 0.4) is 0 Å². The first kappa shape index (κ1) is 9.51. The van der Waals surface area contributed by atoms with Crippen molar-refractivity contribution in [2.24, 2.45) is 4.99 Å². The highest BCUT2D eigenvalue weighted by Gasteiger charge is 2.21. The number of rotatable bonds is 1. The molecule has 0 aromatic rings. The fourth-order valence-electron chi connectivity index (χ4n) is 1.04. The van der Waals surface area contributed by atoms with Gasteiger partial charge < -0.3 is 4.74 Å². The zero-order chi connectivity index (χ0) is 9.84. The van der Waals surface area contributed by atoms with E-state index in [2.05, 4.69) is 18.2 Å². The van der Waals surface area contributed by atoms with Crippen molar-refractivity contribution in [2.45, 2.75) is 6.42 Å². The van der Waals surface area contributed by atoms with E-state index in [9.17, 15) is 4.79 Å². The Hall–Kier alpha value is -1.58. The van der Waals surface area contributed by atoms with Crippen LogP contribution in [0.15, 0.2) is 30.1 Å². The van der Waals surface area contributed by atoms with Gasteiger partial charge in [0.2, 0.25) is 5.91 Å². The number of carbonyl (C=O) groups is 1. The number of aliphatic imine (C=N–C) groups is 1. The van der Waals surface area contributed by atoms with Gasteiger partial charge in [-0.3, -0.25) is 9.69 Å². The largest absolute Gasteiger partial charge is 0.490 e. The highest BCUT2D eigenvalue weighted by molar-refractivity contribution is 6.06. The van der Waals surface area contributed by atoms with Gasteiger partial charge in [0.1, 0.15) is 0 Å². The summed E-state index contributed by atoms with van der Waals surface area (Å²) in [4.78, 5) is 16.7. The van der Waals surface area contributed by atoms with Crippen molar-refractivity contribution in [1.29, 1.82) is 0 Å². The van der Waals surface area contributed by atoms with Gasteiger partial charge in [0.25, 0.3) is 0 Å². The van der Waals surface area contributed by atoms with Crippen LogP contribution in [0.1, 0.15) is 6.42 Å². The number of hydrogen-bond acceptors (Lipinski definition) is 3. The average molecular weight is 180 g/mol. The van der Waals surface area contributed by atoms with Crippen molar-refractivity contribution in [2.75, 3.05) is 13.7 Å². The molecular formula is C9H12N2O2. The van der Waals surface area contributed by atoms with E-state index in [0.717, 1.165) is 0 Å². The van der Waals surface area contributed by atoms with E-state index < -0.39 is 0 Å². The molecule has 1 aliphatic heterocycles. The molecule has 0 spiro atoms.